The molecule has 18 heavy (non-hydrogen) atoms. The van der Waals surface area contributed by atoms with Gasteiger partial charge in [-0.3, -0.25) is 0 Å². The number of aromatic nitrogens is 1. The fourth-order valence-corrected chi connectivity index (χ4v) is 1.61. The van der Waals surface area contributed by atoms with E-state index in [0.717, 1.165) is 0 Å². The van der Waals surface area contributed by atoms with Crippen molar-refractivity contribution in [3.63, 3.8) is 0 Å². The van der Waals surface area contributed by atoms with E-state index in [1.54, 1.807) is 6.92 Å². The molecule has 0 bridgehead atoms. The summed E-state index contributed by atoms with van der Waals surface area (Å²) in [6, 6.07) is 2.68. The maximum absolute atomic E-state index is 11.2. The van der Waals surface area contributed by atoms with Gasteiger partial charge in [-0.05, 0) is 29.3 Å². The number of carbonyl (C=O) groups is 1. The van der Waals surface area contributed by atoms with Crippen LogP contribution < -0.4 is 5.32 Å². The maximum Gasteiger partial charge on any atom is 0.363 e. The average Bonchev–Trinajstić information content (AvgIpc) is 2.29. The summed E-state index contributed by atoms with van der Waals surface area (Å²) in [6.07, 6.45) is 2.41. The van der Waals surface area contributed by atoms with Crippen LogP contribution in [0.25, 0.3) is 0 Å². The lowest BCUT2D eigenvalue weighted by molar-refractivity contribution is -0.389. The summed E-state index contributed by atoms with van der Waals surface area (Å²) >= 11 is 0. The van der Waals surface area contributed by atoms with E-state index >= 15 is 0 Å². The van der Waals surface area contributed by atoms with Crippen LogP contribution in [0, 0.1) is 10.1 Å². The van der Waals surface area contributed by atoms with Crippen LogP contribution in [0.15, 0.2) is 18.3 Å². The molecule has 2 N–H and O–H groups in total. The largest absolute Gasteiger partial charge is 0.480 e. The van der Waals surface area contributed by atoms with E-state index in [4.69, 9.17) is 0 Å². The topological polar surface area (TPSA) is 105 Å². The lowest BCUT2D eigenvalue weighted by Gasteiger charge is -2.26. The lowest BCUT2D eigenvalue weighted by atomic mass is 9.96. The fourth-order valence-electron chi connectivity index (χ4n) is 1.61. The van der Waals surface area contributed by atoms with Crippen molar-refractivity contribution in [2.24, 2.45) is 0 Å². The number of nitro groups is 1. The number of nitrogens with zero attached hydrogens (tertiary/aromatic N) is 2. The third-order valence-electron chi connectivity index (χ3n) is 2.58. The number of anilines is 1. The van der Waals surface area contributed by atoms with Gasteiger partial charge in [0.05, 0.1) is 5.69 Å². The summed E-state index contributed by atoms with van der Waals surface area (Å²) in [4.78, 5) is 24.7. The Morgan fingerprint density at radius 1 is 1.61 bits per heavy atom. The van der Waals surface area contributed by atoms with Crippen LogP contribution in [-0.4, -0.2) is 26.5 Å². The Labute approximate surface area is 104 Å². The first kappa shape index (κ1) is 13.9. The minimum Gasteiger partial charge on any atom is -0.480 e. The molecule has 98 valence electrons. The summed E-state index contributed by atoms with van der Waals surface area (Å²) in [6.45, 7) is 3.46. The van der Waals surface area contributed by atoms with Gasteiger partial charge in [-0.1, -0.05) is 13.3 Å². The van der Waals surface area contributed by atoms with Crippen molar-refractivity contribution >= 4 is 17.5 Å². The van der Waals surface area contributed by atoms with Crippen molar-refractivity contribution in [3.05, 3.63) is 28.4 Å². The second-order valence-electron chi connectivity index (χ2n) is 4.17. The molecule has 7 nitrogen and oxygen atoms in total. The van der Waals surface area contributed by atoms with Gasteiger partial charge in [0.1, 0.15) is 5.54 Å². The highest BCUT2D eigenvalue weighted by Gasteiger charge is 2.32. The molecule has 1 heterocycles. The highest BCUT2D eigenvalue weighted by atomic mass is 16.6. The first-order chi connectivity index (χ1) is 8.39. The quantitative estimate of drug-likeness (QED) is 0.593. The minimum absolute atomic E-state index is 0.270. The zero-order chi connectivity index (χ0) is 13.8. The van der Waals surface area contributed by atoms with E-state index in [-0.39, 0.29) is 5.82 Å². The number of hydrogen-bond acceptors (Lipinski definition) is 5. The number of rotatable bonds is 6. The van der Waals surface area contributed by atoms with Gasteiger partial charge in [-0.15, -0.1) is 0 Å². The zero-order valence-electron chi connectivity index (χ0n) is 10.2. The van der Waals surface area contributed by atoms with Crippen LogP contribution in [0.3, 0.4) is 0 Å². The molecule has 0 aliphatic heterocycles. The van der Waals surface area contributed by atoms with E-state index < -0.39 is 16.4 Å². The number of carboxylic acids is 1. The smallest absolute Gasteiger partial charge is 0.363 e. The fraction of sp³-hybridized carbons (Fsp3) is 0.455. The van der Waals surface area contributed by atoms with Gasteiger partial charge in [0.15, 0.2) is 6.20 Å². The summed E-state index contributed by atoms with van der Waals surface area (Å²) in [7, 11) is 0. The average molecular weight is 253 g/mol. The lowest BCUT2D eigenvalue weighted by Crippen LogP contribution is -2.43. The van der Waals surface area contributed by atoms with Gasteiger partial charge in [0.2, 0.25) is 0 Å². The number of nitrogens with one attached hydrogen (secondary N) is 1. The molecule has 7 heteroatoms. The molecule has 0 saturated heterocycles. The number of hydrogen-bond donors (Lipinski definition) is 2. The molecule has 1 rings (SSSR count). The summed E-state index contributed by atoms with van der Waals surface area (Å²) in [5.74, 6) is -1.24. The number of carboxylic acid groups (broad SMARTS) is 1. The molecular formula is C11H15N3O4. The third-order valence-corrected chi connectivity index (χ3v) is 2.58. The van der Waals surface area contributed by atoms with E-state index in [2.05, 4.69) is 10.3 Å². The van der Waals surface area contributed by atoms with Crippen LogP contribution in [0.2, 0.25) is 0 Å². The van der Waals surface area contributed by atoms with Gasteiger partial charge in [0.25, 0.3) is 0 Å². The van der Waals surface area contributed by atoms with Crippen molar-refractivity contribution < 1.29 is 14.8 Å². The molecule has 0 aliphatic rings. The second-order valence-corrected chi connectivity index (χ2v) is 4.17. The molecule has 0 spiro atoms. The number of pyridine rings is 1. The summed E-state index contributed by atoms with van der Waals surface area (Å²) in [5.41, 5.74) is -0.661. The molecule has 1 aromatic heterocycles. The predicted molar refractivity (Wildman–Crippen MR) is 65.5 cm³/mol. The normalized spacial score (nSPS) is 13.7. The van der Waals surface area contributed by atoms with Crippen LogP contribution in [-0.2, 0) is 4.79 Å². The third kappa shape index (κ3) is 3.16. The van der Waals surface area contributed by atoms with Crippen molar-refractivity contribution in [2.45, 2.75) is 32.2 Å². The van der Waals surface area contributed by atoms with Crippen LogP contribution in [0.5, 0.6) is 0 Å². The standard InChI is InChI=1S/C11H15N3O4/c1-3-6-11(2,10(15)16)13-8-4-5-9(12-7-8)14(17)18/h4-5,7,13H,3,6H2,1-2H3,(H,15,16). The van der Waals surface area contributed by atoms with E-state index in [1.807, 2.05) is 6.92 Å². The zero-order valence-corrected chi connectivity index (χ0v) is 10.2. The Balaban J connectivity index is 2.88. The second kappa shape index (κ2) is 5.44. The van der Waals surface area contributed by atoms with E-state index in [0.29, 0.717) is 18.5 Å². The highest BCUT2D eigenvalue weighted by molar-refractivity contribution is 5.82. The predicted octanol–water partition coefficient (Wildman–Crippen LogP) is 2.05. The van der Waals surface area contributed by atoms with Crippen molar-refractivity contribution in [1.29, 1.82) is 0 Å². The molecule has 0 aromatic carbocycles. The first-order valence-electron chi connectivity index (χ1n) is 5.51. The van der Waals surface area contributed by atoms with Crippen molar-refractivity contribution in [3.8, 4) is 0 Å². The molecular weight excluding hydrogens is 238 g/mol. The Bertz CT molecular complexity index is 446. The van der Waals surface area contributed by atoms with Crippen LogP contribution >= 0.6 is 0 Å². The Morgan fingerprint density at radius 2 is 2.28 bits per heavy atom. The van der Waals surface area contributed by atoms with Gasteiger partial charge in [-0.25, -0.2) is 4.79 Å². The van der Waals surface area contributed by atoms with Gasteiger partial charge >= 0.3 is 11.8 Å². The molecule has 0 fully saturated rings. The summed E-state index contributed by atoms with van der Waals surface area (Å²) in [5, 5.41) is 22.5. The van der Waals surface area contributed by atoms with Crippen molar-refractivity contribution in [2.75, 3.05) is 5.32 Å². The van der Waals surface area contributed by atoms with E-state index in [9.17, 15) is 20.0 Å². The Kier molecular flexibility index (Phi) is 4.19. The molecule has 0 radical (unpaired) electrons. The van der Waals surface area contributed by atoms with Crippen LogP contribution in [0.1, 0.15) is 26.7 Å². The minimum atomic E-state index is -1.10. The molecule has 0 saturated carbocycles. The molecule has 1 atom stereocenters. The molecule has 0 amide bonds. The molecule has 0 aliphatic carbocycles. The Hall–Kier alpha value is -2.18. The summed E-state index contributed by atoms with van der Waals surface area (Å²) < 4.78 is 0. The monoisotopic (exact) mass is 253 g/mol. The van der Waals surface area contributed by atoms with Gasteiger partial charge < -0.3 is 20.5 Å². The highest BCUT2D eigenvalue weighted by Crippen LogP contribution is 2.21. The van der Waals surface area contributed by atoms with E-state index in [1.165, 1.54) is 18.3 Å². The van der Waals surface area contributed by atoms with Crippen molar-refractivity contribution in [1.82, 2.24) is 4.98 Å². The maximum atomic E-state index is 11.2. The van der Waals surface area contributed by atoms with Crippen LogP contribution in [0.4, 0.5) is 11.5 Å². The molecule has 1 unspecified atom stereocenters. The SMILES string of the molecule is CCCC(C)(Nc1ccc([N+](=O)[O-])nc1)C(=O)O. The van der Waals surface area contributed by atoms with Gasteiger partial charge in [0, 0.05) is 6.07 Å². The first-order valence-corrected chi connectivity index (χ1v) is 5.51. The number of aliphatic carboxylic acids is 1. The van der Waals surface area contributed by atoms with Gasteiger partial charge in [-0.2, -0.15) is 0 Å². The molecule has 1 aromatic rings. The Morgan fingerprint density at radius 3 is 2.67 bits per heavy atom.